The van der Waals surface area contributed by atoms with Gasteiger partial charge in [-0.05, 0) is 43.0 Å². The smallest absolute Gasteiger partial charge is 0.175 e. The highest BCUT2D eigenvalue weighted by Crippen LogP contribution is 2.37. The highest BCUT2D eigenvalue weighted by Gasteiger charge is 2.38. The van der Waals surface area contributed by atoms with E-state index < -0.39 is 9.84 Å². The van der Waals surface area contributed by atoms with Crippen LogP contribution in [0, 0.1) is 0 Å². The van der Waals surface area contributed by atoms with E-state index in [-0.39, 0.29) is 5.54 Å². The van der Waals surface area contributed by atoms with Crippen LogP contribution in [0.2, 0.25) is 5.02 Å². The molecule has 0 spiro atoms. The van der Waals surface area contributed by atoms with Crippen LogP contribution >= 0.6 is 11.6 Å². The third-order valence-corrected chi connectivity index (χ3v) is 4.36. The van der Waals surface area contributed by atoms with Gasteiger partial charge in [-0.15, -0.1) is 0 Å². The Kier molecular flexibility index (Phi) is 2.77. The molecular formula is C11H14ClNO2S. The summed E-state index contributed by atoms with van der Waals surface area (Å²) in [5.74, 6) is 0. The first-order valence-electron chi connectivity index (χ1n) is 5.08. The molecule has 0 saturated heterocycles. The van der Waals surface area contributed by atoms with Crippen molar-refractivity contribution in [2.45, 2.75) is 29.7 Å². The number of rotatable bonds is 3. The molecule has 0 radical (unpaired) electrons. The number of benzene rings is 1. The summed E-state index contributed by atoms with van der Waals surface area (Å²) in [6, 6.07) is 4.78. The Morgan fingerprint density at radius 1 is 1.44 bits per heavy atom. The maximum absolute atomic E-state index is 11.4. The molecule has 1 aromatic rings. The van der Waals surface area contributed by atoms with E-state index in [1.165, 1.54) is 12.3 Å². The molecule has 0 bridgehead atoms. The molecule has 2 N–H and O–H groups in total. The predicted octanol–water partition coefficient (Wildman–Crippen LogP) is 1.78. The molecule has 0 unspecified atom stereocenters. The van der Waals surface area contributed by atoms with Crippen LogP contribution in [0.3, 0.4) is 0 Å². The molecule has 0 heterocycles. The quantitative estimate of drug-likeness (QED) is 0.900. The van der Waals surface area contributed by atoms with E-state index in [0.717, 1.165) is 18.4 Å². The number of sulfone groups is 1. The van der Waals surface area contributed by atoms with Crippen molar-refractivity contribution in [1.29, 1.82) is 0 Å². The standard InChI is InChI=1S/C11H14ClNO2S/c1-16(14,15)9-2-3-10(12)8(6-9)7-11(13)4-5-11/h2-3,6H,4-5,7,13H2,1H3. The van der Waals surface area contributed by atoms with Crippen LogP contribution < -0.4 is 5.73 Å². The van der Waals surface area contributed by atoms with Gasteiger partial charge in [-0.25, -0.2) is 8.42 Å². The fourth-order valence-corrected chi connectivity index (χ4v) is 2.49. The normalized spacial score (nSPS) is 18.4. The first kappa shape index (κ1) is 11.9. The molecule has 0 aromatic heterocycles. The molecule has 1 fully saturated rings. The molecule has 0 amide bonds. The first-order chi connectivity index (χ1) is 7.30. The Hall–Kier alpha value is -0.580. The zero-order valence-corrected chi connectivity index (χ0v) is 10.6. The van der Waals surface area contributed by atoms with Crippen molar-refractivity contribution in [2.24, 2.45) is 5.73 Å². The summed E-state index contributed by atoms with van der Waals surface area (Å²) in [6.45, 7) is 0. The molecule has 2 rings (SSSR count). The maximum Gasteiger partial charge on any atom is 0.175 e. The van der Waals surface area contributed by atoms with Crippen LogP contribution in [0.15, 0.2) is 23.1 Å². The second kappa shape index (κ2) is 3.72. The first-order valence-corrected chi connectivity index (χ1v) is 7.34. The molecule has 1 aliphatic rings. The Morgan fingerprint density at radius 3 is 2.56 bits per heavy atom. The summed E-state index contributed by atoms with van der Waals surface area (Å²) in [6.07, 6.45) is 3.80. The lowest BCUT2D eigenvalue weighted by molar-refractivity contribution is 0.601. The minimum Gasteiger partial charge on any atom is -0.325 e. The van der Waals surface area contributed by atoms with Crippen LogP contribution in [0.25, 0.3) is 0 Å². The lowest BCUT2D eigenvalue weighted by Gasteiger charge is -2.11. The van der Waals surface area contributed by atoms with Crippen molar-refractivity contribution < 1.29 is 8.42 Å². The molecule has 0 atom stereocenters. The molecule has 1 aromatic carbocycles. The lowest BCUT2D eigenvalue weighted by atomic mass is 10.1. The van der Waals surface area contributed by atoms with Crippen molar-refractivity contribution in [3.05, 3.63) is 28.8 Å². The molecule has 3 nitrogen and oxygen atoms in total. The average molecular weight is 260 g/mol. The Labute approximate surface area is 101 Å². The van der Waals surface area contributed by atoms with E-state index >= 15 is 0 Å². The van der Waals surface area contributed by atoms with Gasteiger partial charge in [0.15, 0.2) is 9.84 Å². The Morgan fingerprint density at radius 2 is 2.06 bits per heavy atom. The van der Waals surface area contributed by atoms with Gasteiger partial charge in [0.25, 0.3) is 0 Å². The fraction of sp³-hybridized carbons (Fsp3) is 0.455. The molecule has 1 saturated carbocycles. The maximum atomic E-state index is 11.4. The topological polar surface area (TPSA) is 60.2 Å². The summed E-state index contributed by atoms with van der Waals surface area (Å²) in [4.78, 5) is 0.302. The van der Waals surface area contributed by atoms with Crippen LogP contribution in [0.5, 0.6) is 0 Å². The van der Waals surface area contributed by atoms with Gasteiger partial charge < -0.3 is 5.73 Å². The zero-order chi connectivity index (χ0) is 12.0. The predicted molar refractivity (Wildman–Crippen MR) is 64.4 cm³/mol. The third kappa shape index (κ3) is 2.56. The summed E-state index contributed by atoms with van der Waals surface area (Å²) in [5.41, 5.74) is 6.66. The van der Waals surface area contributed by atoms with Gasteiger partial charge in [0.2, 0.25) is 0 Å². The minimum atomic E-state index is -3.18. The lowest BCUT2D eigenvalue weighted by Crippen LogP contribution is -2.24. The highest BCUT2D eigenvalue weighted by atomic mass is 35.5. The number of halogens is 1. The molecule has 5 heteroatoms. The summed E-state index contributed by atoms with van der Waals surface area (Å²) < 4.78 is 22.8. The van der Waals surface area contributed by atoms with Crippen molar-refractivity contribution in [3.63, 3.8) is 0 Å². The monoisotopic (exact) mass is 259 g/mol. The SMILES string of the molecule is CS(=O)(=O)c1ccc(Cl)c(CC2(N)CC2)c1. The summed E-state index contributed by atoms with van der Waals surface area (Å²) >= 11 is 6.03. The second-order valence-corrected chi connectivity index (χ2v) is 6.99. The van der Waals surface area contributed by atoms with Crippen LogP contribution in [0.4, 0.5) is 0 Å². The summed E-state index contributed by atoms with van der Waals surface area (Å²) in [5, 5.41) is 0.587. The van der Waals surface area contributed by atoms with Crippen LogP contribution in [-0.2, 0) is 16.3 Å². The van der Waals surface area contributed by atoms with E-state index in [0.29, 0.717) is 16.3 Å². The Balaban J connectivity index is 2.37. The number of hydrogen-bond acceptors (Lipinski definition) is 3. The largest absolute Gasteiger partial charge is 0.325 e. The van der Waals surface area contributed by atoms with Gasteiger partial charge in [-0.2, -0.15) is 0 Å². The number of nitrogens with two attached hydrogens (primary N) is 1. The van der Waals surface area contributed by atoms with Crippen molar-refractivity contribution in [3.8, 4) is 0 Å². The van der Waals surface area contributed by atoms with Crippen molar-refractivity contribution >= 4 is 21.4 Å². The van der Waals surface area contributed by atoms with E-state index in [4.69, 9.17) is 17.3 Å². The van der Waals surface area contributed by atoms with Gasteiger partial charge in [-0.1, -0.05) is 11.6 Å². The number of hydrogen-bond donors (Lipinski definition) is 1. The highest BCUT2D eigenvalue weighted by molar-refractivity contribution is 7.90. The van der Waals surface area contributed by atoms with E-state index in [1.807, 2.05) is 0 Å². The van der Waals surface area contributed by atoms with Gasteiger partial charge in [0.05, 0.1) is 4.90 Å². The van der Waals surface area contributed by atoms with Gasteiger partial charge in [-0.3, -0.25) is 0 Å². The molecule has 1 aliphatic carbocycles. The minimum absolute atomic E-state index is 0.167. The van der Waals surface area contributed by atoms with Gasteiger partial charge in [0.1, 0.15) is 0 Å². The molecule has 0 aliphatic heterocycles. The average Bonchev–Trinajstić information content (AvgIpc) is 2.86. The molecule has 16 heavy (non-hydrogen) atoms. The van der Waals surface area contributed by atoms with Gasteiger partial charge in [0, 0.05) is 16.8 Å². The zero-order valence-electron chi connectivity index (χ0n) is 9.03. The molecular weight excluding hydrogens is 246 g/mol. The van der Waals surface area contributed by atoms with Gasteiger partial charge >= 0.3 is 0 Å². The fourth-order valence-electron chi connectivity index (χ4n) is 1.63. The van der Waals surface area contributed by atoms with Crippen LogP contribution in [-0.4, -0.2) is 20.2 Å². The van der Waals surface area contributed by atoms with Crippen molar-refractivity contribution in [2.75, 3.05) is 6.26 Å². The van der Waals surface area contributed by atoms with E-state index in [9.17, 15) is 8.42 Å². The van der Waals surface area contributed by atoms with Crippen LogP contribution in [0.1, 0.15) is 18.4 Å². The third-order valence-electron chi connectivity index (χ3n) is 2.88. The van der Waals surface area contributed by atoms with Crippen molar-refractivity contribution in [1.82, 2.24) is 0 Å². The van der Waals surface area contributed by atoms with E-state index in [1.54, 1.807) is 12.1 Å². The van der Waals surface area contributed by atoms with E-state index in [2.05, 4.69) is 0 Å². The summed E-state index contributed by atoms with van der Waals surface area (Å²) in [7, 11) is -3.18. The molecule has 88 valence electrons. The Bertz CT molecular complexity index is 521. The second-order valence-electron chi connectivity index (χ2n) is 4.56.